The Balaban J connectivity index is 1.86. The van der Waals surface area contributed by atoms with Gasteiger partial charge in [-0.15, -0.1) is 10.2 Å². The van der Waals surface area contributed by atoms with Gasteiger partial charge < -0.3 is 5.11 Å². The molecule has 1 unspecified atom stereocenters. The maximum atomic E-state index is 13.1. The van der Waals surface area contributed by atoms with Gasteiger partial charge in [0.1, 0.15) is 5.76 Å². The van der Waals surface area contributed by atoms with E-state index < -0.39 is 17.7 Å². The molecule has 1 aromatic heterocycles. The first-order valence-corrected chi connectivity index (χ1v) is 12.7. The average molecular weight is 551 g/mol. The molecule has 0 bridgehead atoms. The summed E-state index contributed by atoms with van der Waals surface area (Å²) in [6.45, 7) is 2.07. The van der Waals surface area contributed by atoms with Crippen LogP contribution in [0.1, 0.15) is 30.5 Å². The Morgan fingerprint density at radius 3 is 2.50 bits per heavy atom. The number of nitrogens with zero attached hydrogens (tertiary/aromatic N) is 3. The third-order valence-corrected chi connectivity index (χ3v) is 7.82. The fourth-order valence-corrected chi connectivity index (χ4v) is 5.48. The van der Waals surface area contributed by atoms with Crippen LogP contribution in [0, 0.1) is 0 Å². The van der Waals surface area contributed by atoms with Crippen LogP contribution < -0.4 is 4.90 Å². The number of thioether (sulfide) groups is 1. The second-order valence-electron chi connectivity index (χ2n) is 6.93. The minimum absolute atomic E-state index is 0.00222. The van der Waals surface area contributed by atoms with Crippen molar-refractivity contribution >= 4 is 73.2 Å². The number of ketones is 1. The molecule has 2 aromatic carbocycles. The lowest BCUT2D eigenvalue weighted by Crippen LogP contribution is -2.29. The van der Waals surface area contributed by atoms with E-state index in [1.807, 2.05) is 12.1 Å². The van der Waals surface area contributed by atoms with Gasteiger partial charge in [0.25, 0.3) is 5.78 Å². The molecule has 1 aliphatic heterocycles. The molecule has 164 valence electrons. The van der Waals surface area contributed by atoms with Gasteiger partial charge in [-0.25, -0.2) is 0 Å². The number of halogens is 2. The molecule has 0 aliphatic carbocycles. The van der Waals surface area contributed by atoms with Crippen LogP contribution in [0.2, 0.25) is 5.02 Å². The predicted molar refractivity (Wildman–Crippen MR) is 131 cm³/mol. The van der Waals surface area contributed by atoms with Gasteiger partial charge >= 0.3 is 5.91 Å². The van der Waals surface area contributed by atoms with Gasteiger partial charge in [0.2, 0.25) is 5.13 Å². The van der Waals surface area contributed by atoms with Crippen molar-refractivity contribution in [3.63, 3.8) is 0 Å². The lowest BCUT2D eigenvalue weighted by Gasteiger charge is -2.22. The summed E-state index contributed by atoms with van der Waals surface area (Å²) < 4.78 is 1.57. The second-order valence-corrected chi connectivity index (χ2v) is 10.6. The minimum atomic E-state index is -0.837. The summed E-state index contributed by atoms with van der Waals surface area (Å²) in [7, 11) is 0. The molecule has 1 aliphatic rings. The predicted octanol–water partition coefficient (Wildman–Crippen LogP) is 6.08. The lowest BCUT2D eigenvalue weighted by atomic mass is 9.95. The van der Waals surface area contributed by atoms with E-state index in [1.54, 1.807) is 48.2 Å². The number of hydrogen-bond donors (Lipinski definition) is 1. The number of carbonyl (C=O) groups is 2. The van der Waals surface area contributed by atoms with Crippen molar-refractivity contribution < 1.29 is 14.7 Å². The molecule has 2 heterocycles. The Bertz CT molecular complexity index is 1200. The van der Waals surface area contributed by atoms with Crippen LogP contribution in [0.5, 0.6) is 0 Å². The molecule has 1 amide bonds. The van der Waals surface area contributed by atoms with Crippen molar-refractivity contribution in [2.75, 3.05) is 10.7 Å². The number of rotatable bonds is 6. The highest BCUT2D eigenvalue weighted by Gasteiger charge is 2.48. The maximum absolute atomic E-state index is 13.1. The number of hydrogen-bond acceptors (Lipinski definition) is 7. The minimum Gasteiger partial charge on any atom is -0.507 e. The van der Waals surface area contributed by atoms with E-state index in [-0.39, 0.29) is 11.3 Å². The third-order valence-electron chi connectivity index (χ3n) is 4.78. The number of aliphatic hydroxyl groups excluding tert-OH is 1. The summed E-state index contributed by atoms with van der Waals surface area (Å²) in [4.78, 5) is 27.5. The Hall–Kier alpha value is -2.20. The molecule has 1 atom stereocenters. The fraction of sp³-hybridized carbons (Fsp3) is 0.182. The van der Waals surface area contributed by atoms with Gasteiger partial charge in [0.05, 0.1) is 11.6 Å². The first kappa shape index (κ1) is 23.0. The molecule has 1 saturated heterocycles. The molecule has 1 N–H and O–H groups in total. The number of aliphatic hydroxyl groups is 1. The van der Waals surface area contributed by atoms with Gasteiger partial charge in [-0.1, -0.05) is 69.7 Å². The van der Waals surface area contributed by atoms with Crippen molar-refractivity contribution in [1.82, 2.24) is 10.2 Å². The quantitative estimate of drug-likeness (QED) is 0.132. The number of anilines is 1. The van der Waals surface area contributed by atoms with E-state index in [4.69, 9.17) is 11.6 Å². The molecule has 0 saturated carbocycles. The molecular weight excluding hydrogens is 534 g/mol. The Kier molecular flexibility index (Phi) is 6.99. The molecule has 10 heteroatoms. The molecular formula is C22H17BrClN3O3S2. The second kappa shape index (κ2) is 9.74. The van der Waals surface area contributed by atoms with Gasteiger partial charge in [0.15, 0.2) is 4.34 Å². The van der Waals surface area contributed by atoms with Gasteiger partial charge in [-0.05, 0) is 48.4 Å². The molecule has 32 heavy (non-hydrogen) atoms. The highest BCUT2D eigenvalue weighted by atomic mass is 79.9. The number of aromatic nitrogens is 2. The van der Waals surface area contributed by atoms with Crippen molar-refractivity contribution in [1.29, 1.82) is 0 Å². The lowest BCUT2D eigenvalue weighted by molar-refractivity contribution is -0.132. The van der Waals surface area contributed by atoms with Crippen molar-refractivity contribution in [2.45, 2.75) is 23.7 Å². The van der Waals surface area contributed by atoms with E-state index in [2.05, 4.69) is 33.1 Å². The highest BCUT2D eigenvalue weighted by molar-refractivity contribution is 9.10. The summed E-state index contributed by atoms with van der Waals surface area (Å²) in [5, 5.41) is 20.2. The average Bonchev–Trinajstić information content (AvgIpc) is 3.35. The molecule has 6 nitrogen and oxygen atoms in total. The largest absolute Gasteiger partial charge is 0.507 e. The Morgan fingerprint density at radius 2 is 1.84 bits per heavy atom. The molecule has 0 radical (unpaired) electrons. The Labute approximate surface area is 206 Å². The molecule has 1 fully saturated rings. The number of carbonyl (C=O) groups excluding carboxylic acids is 2. The van der Waals surface area contributed by atoms with E-state index in [0.29, 0.717) is 21.3 Å². The topological polar surface area (TPSA) is 83.4 Å². The molecule has 3 aromatic rings. The van der Waals surface area contributed by atoms with Crippen LogP contribution in [-0.2, 0) is 9.59 Å². The normalized spacial score (nSPS) is 17.8. The Morgan fingerprint density at radius 1 is 1.16 bits per heavy atom. The summed E-state index contributed by atoms with van der Waals surface area (Å²) in [6, 6.07) is 12.8. The van der Waals surface area contributed by atoms with Crippen molar-refractivity contribution in [3.8, 4) is 0 Å². The van der Waals surface area contributed by atoms with Gasteiger partial charge in [0, 0.05) is 20.8 Å². The summed E-state index contributed by atoms with van der Waals surface area (Å²) in [5.41, 5.74) is 1.06. The monoisotopic (exact) mass is 549 g/mol. The number of benzene rings is 2. The molecule has 4 rings (SSSR count). The van der Waals surface area contributed by atoms with E-state index in [1.165, 1.54) is 16.2 Å². The van der Waals surface area contributed by atoms with Crippen molar-refractivity contribution in [3.05, 3.63) is 74.7 Å². The first-order valence-electron chi connectivity index (χ1n) is 9.69. The van der Waals surface area contributed by atoms with Crippen LogP contribution in [-0.4, -0.2) is 32.7 Å². The van der Waals surface area contributed by atoms with E-state index in [0.717, 1.165) is 21.0 Å². The highest BCUT2D eigenvalue weighted by Crippen LogP contribution is 2.44. The van der Waals surface area contributed by atoms with E-state index >= 15 is 0 Å². The van der Waals surface area contributed by atoms with Crippen LogP contribution >= 0.6 is 50.6 Å². The smallest absolute Gasteiger partial charge is 0.301 e. The maximum Gasteiger partial charge on any atom is 0.301 e. The van der Waals surface area contributed by atoms with Crippen LogP contribution in [0.25, 0.3) is 5.76 Å². The number of amides is 1. The van der Waals surface area contributed by atoms with Crippen LogP contribution in [0.3, 0.4) is 0 Å². The third kappa shape index (κ3) is 4.47. The summed E-state index contributed by atoms with van der Waals surface area (Å²) >= 11 is 12.2. The standard InChI is InChI=1S/C22H17BrClN3O3S2/c1-2-11-31-22-26-25-21(32-22)27-17(12-3-7-14(23)8-4-12)16(19(29)20(27)30)18(28)13-5-9-15(24)10-6-13/h3-10,17,28H,2,11H2,1H3/b18-16+. The summed E-state index contributed by atoms with van der Waals surface area (Å²) in [5.74, 6) is -0.916. The molecule has 0 spiro atoms. The van der Waals surface area contributed by atoms with Gasteiger partial charge in [-0.3, -0.25) is 14.5 Å². The van der Waals surface area contributed by atoms with Gasteiger partial charge in [-0.2, -0.15) is 0 Å². The van der Waals surface area contributed by atoms with E-state index in [9.17, 15) is 14.7 Å². The fourth-order valence-electron chi connectivity index (χ4n) is 3.30. The number of Topliss-reactive ketones (excluding diaryl/α,β-unsaturated/α-hetero) is 1. The van der Waals surface area contributed by atoms with Crippen molar-refractivity contribution in [2.24, 2.45) is 0 Å². The zero-order valence-electron chi connectivity index (χ0n) is 16.8. The van der Waals surface area contributed by atoms with Crippen LogP contribution in [0.15, 0.2) is 62.9 Å². The van der Waals surface area contributed by atoms with Crippen LogP contribution in [0.4, 0.5) is 5.13 Å². The SMILES string of the molecule is CCCSc1nnc(N2C(=O)C(=O)/C(=C(/O)c3ccc(Cl)cc3)C2c2ccc(Br)cc2)s1. The first-order chi connectivity index (χ1) is 15.4. The summed E-state index contributed by atoms with van der Waals surface area (Å²) in [6.07, 6.45) is 0.976. The zero-order valence-corrected chi connectivity index (χ0v) is 20.8. The zero-order chi connectivity index (χ0) is 22.8.